The summed E-state index contributed by atoms with van der Waals surface area (Å²) in [6.45, 7) is 3.81. The van der Waals surface area contributed by atoms with E-state index >= 15 is 0 Å². The number of rotatable bonds is 4. The van der Waals surface area contributed by atoms with Crippen molar-refractivity contribution in [2.45, 2.75) is 51.3 Å². The van der Waals surface area contributed by atoms with Crippen molar-refractivity contribution < 1.29 is 27.8 Å². The van der Waals surface area contributed by atoms with E-state index in [1.807, 2.05) is 13.8 Å². The van der Waals surface area contributed by atoms with Gasteiger partial charge >= 0.3 is 6.18 Å². The van der Waals surface area contributed by atoms with Gasteiger partial charge in [0.1, 0.15) is 11.4 Å². The first-order chi connectivity index (χ1) is 10.2. The zero-order valence-electron chi connectivity index (χ0n) is 12.5. The topological polar surface area (TPSA) is 49.4 Å². The maximum atomic E-state index is 13.1. The van der Waals surface area contributed by atoms with Crippen LogP contribution in [0.2, 0.25) is 0 Å². The molecule has 0 unspecified atom stereocenters. The Balaban J connectivity index is 2.47. The summed E-state index contributed by atoms with van der Waals surface area (Å²) in [6, 6.07) is 2.55. The van der Waals surface area contributed by atoms with E-state index in [9.17, 15) is 23.1 Å². The number of aromatic carboxylic acids is 1. The van der Waals surface area contributed by atoms with Gasteiger partial charge in [0.25, 0.3) is 0 Å². The van der Waals surface area contributed by atoms with Crippen molar-refractivity contribution in [2.75, 3.05) is 0 Å². The van der Waals surface area contributed by atoms with Crippen LogP contribution in [0.15, 0.2) is 18.2 Å². The number of ether oxygens (including phenoxy) is 1. The first-order valence-electron chi connectivity index (χ1n) is 7.27. The van der Waals surface area contributed by atoms with Gasteiger partial charge in [-0.3, -0.25) is 0 Å². The quantitative estimate of drug-likeness (QED) is 0.855. The van der Waals surface area contributed by atoms with E-state index < -0.39 is 29.1 Å². The molecule has 6 heteroatoms. The van der Waals surface area contributed by atoms with Gasteiger partial charge in [0.15, 0.2) is 0 Å². The molecule has 122 valence electrons. The summed E-state index contributed by atoms with van der Waals surface area (Å²) in [5.74, 6) is -1.92. The number of halogens is 3. The van der Waals surface area contributed by atoms with Crippen LogP contribution in [0.4, 0.5) is 13.2 Å². The number of carboxylic acid groups (broad SMARTS) is 1. The molecule has 3 nitrogen and oxygen atoms in total. The molecule has 1 aromatic rings. The van der Waals surface area contributed by atoms with Gasteiger partial charge in [-0.2, -0.15) is 13.2 Å². The van der Waals surface area contributed by atoms with Crippen LogP contribution in [0.3, 0.4) is 0 Å². The zero-order valence-corrected chi connectivity index (χ0v) is 12.5. The molecule has 0 amide bonds. The average Bonchev–Trinajstić information content (AvgIpc) is 2.87. The van der Waals surface area contributed by atoms with Crippen molar-refractivity contribution in [1.29, 1.82) is 0 Å². The molecule has 1 saturated carbocycles. The molecule has 0 atom stereocenters. The average molecular weight is 315 g/mol. The van der Waals surface area contributed by atoms with Crippen LogP contribution in [0.25, 0.3) is 0 Å². The third-order valence-electron chi connectivity index (χ3n) is 4.34. The molecule has 0 N–H and O–H groups in total. The van der Waals surface area contributed by atoms with Gasteiger partial charge in [0, 0.05) is 5.56 Å². The monoisotopic (exact) mass is 315 g/mol. The number of benzene rings is 1. The molecule has 2 rings (SSSR count). The number of carbonyl (C=O) groups excluding carboxylic acids is 1. The molecule has 0 heterocycles. The second-order valence-electron chi connectivity index (χ2n) is 6.02. The molecule has 0 radical (unpaired) electrons. The third kappa shape index (κ3) is 3.20. The molecule has 1 aromatic carbocycles. The molecule has 0 aliphatic heterocycles. The van der Waals surface area contributed by atoms with Crippen LogP contribution in [0.5, 0.6) is 5.75 Å². The molecular formula is C16H18F3O3-. The van der Waals surface area contributed by atoms with Crippen molar-refractivity contribution >= 4 is 5.97 Å². The molecule has 0 spiro atoms. The van der Waals surface area contributed by atoms with E-state index in [1.54, 1.807) is 0 Å². The lowest BCUT2D eigenvalue weighted by Gasteiger charge is -2.35. The highest BCUT2D eigenvalue weighted by Crippen LogP contribution is 2.44. The number of hydrogen-bond acceptors (Lipinski definition) is 3. The van der Waals surface area contributed by atoms with Crippen molar-refractivity contribution in [1.82, 2.24) is 0 Å². The second-order valence-corrected chi connectivity index (χ2v) is 6.02. The minimum absolute atomic E-state index is 0.0303. The Morgan fingerprint density at radius 3 is 2.32 bits per heavy atom. The lowest BCUT2D eigenvalue weighted by molar-refractivity contribution is -0.255. The first kappa shape index (κ1) is 16.6. The number of carboxylic acids is 1. The Morgan fingerprint density at radius 1 is 1.27 bits per heavy atom. The Kier molecular flexibility index (Phi) is 4.40. The largest absolute Gasteiger partial charge is 0.545 e. The van der Waals surface area contributed by atoms with E-state index in [0.29, 0.717) is 12.8 Å². The summed E-state index contributed by atoms with van der Waals surface area (Å²) in [6.07, 6.45) is -1.50. The van der Waals surface area contributed by atoms with Gasteiger partial charge < -0.3 is 14.6 Å². The van der Waals surface area contributed by atoms with Crippen molar-refractivity contribution in [3.8, 4) is 5.75 Å². The van der Waals surface area contributed by atoms with Crippen molar-refractivity contribution in [3.63, 3.8) is 0 Å². The molecule has 0 aromatic heterocycles. The predicted molar refractivity (Wildman–Crippen MR) is 72.4 cm³/mol. The van der Waals surface area contributed by atoms with E-state index in [-0.39, 0.29) is 11.5 Å². The SMILES string of the molecule is CC(C)C1(Oc2cc(C(=O)[O-])ccc2C(F)(F)F)CCCC1. The van der Waals surface area contributed by atoms with Gasteiger partial charge in [-0.1, -0.05) is 19.9 Å². The third-order valence-corrected chi connectivity index (χ3v) is 4.34. The lowest BCUT2D eigenvalue weighted by atomic mass is 9.88. The Labute approximate surface area is 127 Å². The molecule has 1 aliphatic rings. The minimum Gasteiger partial charge on any atom is -0.545 e. The van der Waals surface area contributed by atoms with E-state index in [2.05, 4.69) is 0 Å². The van der Waals surface area contributed by atoms with Crippen LogP contribution in [0, 0.1) is 5.92 Å². The molecule has 22 heavy (non-hydrogen) atoms. The van der Waals surface area contributed by atoms with Crippen LogP contribution in [-0.2, 0) is 6.18 Å². The highest BCUT2D eigenvalue weighted by atomic mass is 19.4. The van der Waals surface area contributed by atoms with Crippen molar-refractivity contribution in [2.24, 2.45) is 5.92 Å². The van der Waals surface area contributed by atoms with Crippen LogP contribution in [-0.4, -0.2) is 11.6 Å². The number of carbonyl (C=O) groups is 1. The zero-order chi connectivity index (χ0) is 16.5. The summed E-state index contributed by atoms with van der Waals surface area (Å²) >= 11 is 0. The van der Waals surface area contributed by atoms with Crippen LogP contribution in [0.1, 0.15) is 55.5 Å². The fourth-order valence-corrected chi connectivity index (χ4v) is 2.96. The van der Waals surface area contributed by atoms with Gasteiger partial charge in [0.05, 0.1) is 11.5 Å². The highest BCUT2D eigenvalue weighted by Gasteiger charge is 2.42. The molecule has 1 aliphatic carbocycles. The maximum Gasteiger partial charge on any atom is 0.419 e. The minimum atomic E-state index is -4.60. The van der Waals surface area contributed by atoms with Gasteiger partial charge in [-0.25, -0.2) is 0 Å². The summed E-state index contributed by atoms with van der Waals surface area (Å²) in [5, 5.41) is 10.9. The smallest absolute Gasteiger partial charge is 0.419 e. The molecule has 1 fully saturated rings. The lowest BCUT2D eigenvalue weighted by Crippen LogP contribution is -2.39. The maximum absolute atomic E-state index is 13.1. The fourth-order valence-electron chi connectivity index (χ4n) is 2.96. The second kappa shape index (κ2) is 5.82. The Hall–Kier alpha value is -1.72. The van der Waals surface area contributed by atoms with E-state index in [4.69, 9.17) is 4.74 Å². The predicted octanol–water partition coefficient (Wildman–Crippen LogP) is 3.42. The standard InChI is InChI=1S/C16H19F3O3/c1-10(2)15(7-3-4-8-15)22-13-9-11(14(20)21)5-6-12(13)16(17,18)19/h5-6,9-10H,3-4,7-8H2,1-2H3,(H,20,21)/p-1. The molecule has 0 saturated heterocycles. The fraction of sp³-hybridized carbons (Fsp3) is 0.562. The van der Waals surface area contributed by atoms with Gasteiger partial charge in [-0.05, 0) is 43.7 Å². The first-order valence-corrected chi connectivity index (χ1v) is 7.27. The Bertz CT molecular complexity index is 558. The highest BCUT2D eigenvalue weighted by molar-refractivity contribution is 5.86. The summed E-state index contributed by atoms with van der Waals surface area (Å²) < 4.78 is 45.2. The van der Waals surface area contributed by atoms with E-state index in [1.165, 1.54) is 0 Å². The van der Waals surface area contributed by atoms with Crippen LogP contribution >= 0.6 is 0 Å². The molecular weight excluding hydrogens is 297 g/mol. The van der Waals surface area contributed by atoms with Crippen LogP contribution < -0.4 is 9.84 Å². The summed E-state index contributed by atoms with van der Waals surface area (Å²) in [7, 11) is 0. The van der Waals surface area contributed by atoms with E-state index in [0.717, 1.165) is 31.0 Å². The number of hydrogen-bond donors (Lipinski definition) is 0. The summed E-state index contributed by atoms with van der Waals surface area (Å²) in [4.78, 5) is 10.9. The Morgan fingerprint density at radius 2 is 1.86 bits per heavy atom. The van der Waals surface area contributed by atoms with Crippen molar-refractivity contribution in [3.05, 3.63) is 29.3 Å². The van der Waals surface area contributed by atoms with Gasteiger partial charge in [0.2, 0.25) is 0 Å². The summed E-state index contributed by atoms with van der Waals surface area (Å²) in [5.41, 5.74) is -1.95. The number of alkyl halides is 3. The molecule has 0 bridgehead atoms. The van der Waals surface area contributed by atoms with Gasteiger partial charge in [-0.15, -0.1) is 0 Å². The normalized spacial score (nSPS) is 17.7.